The predicted molar refractivity (Wildman–Crippen MR) is 104 cm³/mol. The Kier molecular flexibility index (Phi) is 5.58. The van der Waals surface area contributed by atoms with E-state index in [1.807, 2.05) is 56.3 Å². The number of H-pyrrole nitrogens is 1. The molecule has 0 unspecified atom stereocenters. The number of hydrogen-bond donors (Lipinski definition) is 3. The van der Waals surface area contributed by atoms with Crippen LogP contribution in [0.1, 0.15) is 11.1 Å². The molecule has 3 N–H and O–H groups in total. The molecule has 0 saturated carbocycles. The third kappa shape index (κ3) is 4.43. The molecule has 3 rings (SSSR count). The zero-order chi connectivity index (χ0) is 18.5. The second-order valence-electron chi connectivity index (χ2n) is 5.94. The lowest BCUT2D eigenvalue weighted by Gasteiger charge is -2.11. The molecule has 2 aromatic carbocycles. The number of imidazole rings is 1. The Morgan fingerprint density at radius 1 is 1.04 bits per heavy atom. The van der Waals surface area contributed by atoms with Crippen LogP contribution in [0.15, 0.2) is 47.6 Å². The topological polar surface area (TPSA) is 86.9 Å². The minimum absolute atomic E-state index is 0.0622. The first-order valence-corrected chi connectivity index (χ1v) is 9.22. The molecule has 0 aliphatic rings. The molecule has 0 bridgehead atoms. The van der Waals surface area contributed by atoms with Gasteiger partial charge >= 0.3 is 0 Å². The summed E-state index contributed by atoms with van der Waals surface area (Å²) in [6.45, 7) is 3.81. The number of aromatic amines is 1. The normalized spacial score (nSPS) is 10.7. The van der Waals surface area contributed by atoms with E-state index < -0.39 is 0 Å². The van der Waals surface area contributed by atoms with Crippen molar-refractivity contribution in [1.82, 2.24) is 15.3 Å². The van der Waals surface area contributed by atoms with Gasteiger partial charge in [-0.2, -0.15) is 0 Å². The average molecular weight is 368 g/mol. The van der Waals surface area contributed by atoms with E-state index in [0.717, 1.165) is 27.8 Å². The van der Waals surface area contributed by atoms with E-state index in [0.29, 0.717) is 5.16 Å². The number of carbonyl (C=O) groups is 2. The van der Waals surface area contributed by atoms with Gasteiger partial charge in [-0.3, -0.25) is 9.59 Å². The number of para-hydroxylation sites is 3. The number of nitrogens with one attached hydrogen (secondary N) is 3. The number of anilines is 1. The number of fused-ring (bicyclic) bond motifs is 1. The molecule has 0 saturated heterocycles. The van der Waals surface area contributed by atoms with Gasteiger partial charge in [0.1, 0.15) is 0 Å². The SMILES string of the molecule is Cc1cccc(C)c1NC(=O)CNC(=O)CSc1nc2ccccc2[nH]1. The van der Waals surface area contributed by atoms with Crippen molar-refractivity contribution in [3.05, 3.63) is 53.6 Å². The Morgan fingerprint density at radius 2 is 1.77 bits per heavy atom. The highest BCUT2D eigenvalue weighted by Gasteiger charge is 2.10. The first-order chi connectivity index (χ1) is 12.5. The highest BCUT2D eigenvalue weighted by molar-refractivity contribution is 7.99. The second-order valence-corrected chi connectivity index (χ2v) is 6.90. The van der Waals surface area contributed by atoms with E-state index in [1.165, 1.54) is 11.8 Å². The number of aromatic nitrogens is 2. The number of benzene rings is 2. The molecule has 1 heterocycles. The molecule has 3 aromatic rings. The van der Waals surface area contributed by atoms with Crippen molar-refractivity contribution in [2.24, 2.45) is 0 Å². The lowest BCUT2D eigenvalue weighted by Crippen LogP contribution is -2.34. The van der Waals surface area contributed by atoms with Gasteiger partial charge in [-0.15, -0.1) is 0 Å². The second kappa shape index (κ2) is 8.05. The van der Waals surface area contributed by atoms with Crippen LogP contribution in [0, 0.1) is 13.8 Å². The van der Waals surface area contributed by atoms with Crippen molar-refractivity contribution in [2.75, 3.05) is 17.6 Å². The Hall–Kier alpha value is -2.80. The summed E-state index contributed by atoms with van der Waals surface area (Å²) < 4.78 is 0. The maximum absolute atomic E-state index is 12.1. The number of thioether (sulfide) groups is 1. The highest BCUT2D eigenvalue weighted by atomic mass is 32.2. The zero-order valence-corrected chi connectivity index (χ0v) is 15.4. The predicted octanol–water partition coefficient (Wildman–Crippen LogP) is 3.03. The molecule has 7 heteroatoms. The number of carbonyl (C=O) groups excluding carboxylic acids is 2. The number of hydrogen-bond acceptors (Lipinski definition) is 4. The number of aryl methyl sites for hydroxylation is 2. The molecule has 1 aromatic heterocycles. The quantitative estimate of drug-likeness (QED) is 0.584. The van der Waals surface area contributed by atoms with E-state index in [1.54, 1.807) is 0 Å². The molecule has 0 radical (unpaired) electrons. The third-order valence-corrected chi connectivity index (χ3v) is 4.77. The molecule has 0 fully saturated rings. The van der Waals surface area contributed by atoms with Crippen molar-refractivity contribution >= 4 is 40.3 Å². The minimum atomic E-state index is -0.246. The number of rotatable bonds is 6. The fourth-order valence-electron chi connectivity index (χ4n) is 2.56. The van der Waals surface area contributed by atoms with Gasteiger partial charge in [-0.05, 0) is 37.1 Å². The van der Waals surface area contributed by atoms with Crippen molar-refractivity contribution in [2.45, 2.75) is 19.0 Å². The van der Waals surface area contributed by atoms with Gasteiger partial charge in [0, 0.05) is 5.69 Å². The lowest BCUT2D eigenvalue weighted by molar-refractivity contribution is -0.122. The summed E-state index contributed by atoms with van der Waals surface area (Å²) in [6, 6.07) is 13.5. The van der Waals surface area contributed by atoms with Crippen LogP contribution in [0.2, 0.25) is 0 Å². The summed E-state index contributed by atoms with van der Waals surface area (Å²) in [7, 11) is 0. The van der Waals surface area contributed by atoms with Gasteiger partial charge in [0.05, 0.1) is 23.3 Å². The first-order valence-electron chi connectivity index (χ1n) is 8.23. The molecule has 134 valence electrons. The summed E-state index contributed by atoms with van der Waals surface area (Å²) in [5.74, 6) is -0.271. The molecule has 0 atom stereocenters. The van der Waals surface area contributed by atoms with Gasteiger partial charge in [0.15, 0.2) is 5.16 Å². The molecule has 2 amide bonds. The fourth-order valence-corrected chi connectivity index (χ4v) is 3.27. The molecule has 6 nitrogen and oxygen atoms in total. The minimum Gasteiger partial charge on any atom is -0.346 e. The van der Waals surface area contributed by atoms with Crippen LogP contribution >= 0.6 is 11.8 Å². The maximum atomic E-state index is 12.1. The number of amides is 2. The van der Waals surface area contributed by atoms with Crippen LogP contribution in [0.25, 0.3) is 11.0 Å². The Labute approximate surface area is 155 Å². The monoisotopic (exact) mass is 368 g/mol. The van der Waals surface area contributed by atoms with Gasteiger partial charge in [0.25, 0.3) is 0 Å². The number of nitrogens with zero attached hydrogens (tertiary/aromatic N) is 1. The molecular formula is C19H20N4O2S. The van der Waals surface area contributed by atoms with Crippen LogP contribution in [0.3, 0.4) is 0 Å². The van der Waals surface area contributed by atoms with Gasteiger partial charge in [-0.1, -0.05) is 42.1 Å². The Balaban J connectivity index is 1.47. The fraction of sp³-hybridized carbons (Fsp3) is 0.211. The van der Waals surface area contributed by atoms with E-state index >= 15 is 0 Å². The van der Waals surface area contributed by atoms with E-state index in [2.05, 4.69) is 20.6 Å². The summed E-state index contributed by atoms with van der Waals surface area (Å²) in [5, 5.41) is 6.16. The van der Waals surface area contributed by atoms with E-state index in [4.69, 9.17) is 0 Å². The molecule has 0 aliphatic heterocycles. The Bertz CT molecular complexity index is 898. The van der Waals surface area contributed by atoms with Crippen LogP contribution < -0.4 is 10.6 Å². The molecule has 0 aliphatic carbocycles. The Morgan fingerprint density at radius 3 is 2.50 bits per heavy atom. The van der Waals surface area contributed by atoms with Crippen LogP contribution in [-0.2, 0) is 9.59 Å². The third-order valence-electron chi connectivity index (χ3n) is 3.90. The van der Waals surface area contributed by atoms with Gasteiger partial charge < -0.3 is 15.6 Å². The summed E-state index contributed by atoms with van der Waals surface area (Å²) in [5.41, 5.74) is 4.57. The molecule has 0 spiro atoms. The average Bonchev–Trinajstić information content (AvgIpc) is 3.04. The summed E-state index contributed by atoms with van der Waals surface area (Å²) >= 11 is 1.30. The summed E-state index contributed by atoms with van der Waals surface area (Å²) in [4.78, 5) is 31.6. The van der Waals surface area contributed by atoms with Crippen molar-refractivity contribution in [3.8, 4) is 0 Å². The smallest absolute Gasteiger partial charge is 0.243 e. The standard InChI is InChI=1S/C19H20N4O2S/c1-12-6-5-7-13(2)18(12)23-16(24)10-20-17(25)11-26-19-21-14-8-3-4-9-15(14)22-19/h3-9H,10-11H2,1-2H3,(H,20,25)(H,21,22)(H,23,24). The lowest BCUT2D eigenvalue weighted by atomic mass is 10.1. The largest absolute Gasteiger partial charge is 0.346 e. The first kappa shape index (κ1) is 18.0. The van der Waals surface area contributed by atoms with Crippen LogP contribution in [-0.4, -0.2) is 34.1 Å². The van der Waals surface area contributed by atoms with E-state index in [9.17, 15) is 9.59 Å². The molecule has 26 heavy (non-hydrogen) atoms. The van der Waals surface area contributed by atoms with Crippen molar-refractivity contribution in [1.29, 1.82) is 0 Å². The van der Waals surface area contributed by atoms with Crippen LogP contribution in [0.4, 0.5) is 5.69 Å². The van der Waals surface area contributed by atoms with Crippen molar-refractivity contribution in [3.63, 3.8) is 0 Å². The highest BCUT2D eigenvalue weighted by Crippen LogP contribution is 2.20. The van der Waals surface area contributed by atoms with E-state index in [-0.39, 0.29) is 24.1 Å². The molecular weight excluding hydrogens is 348 g/mol. The van der Waals surface area contributed by atoms with Crippen LogP contribution in [0.5, 0.6) is 0 Å². The van der Waals surface area contributed by atoms with Crippen molar-refractivity contribution < 1.29 is 9.59 Å². The zero-order valence-electron chi connectivity index (χ0n) is 14.6. The maximum Gasteiger partial charge on any atom is 0.243 e. The van der Waals surface area contributed by atoms with Gasteiger partial charge in [-0.25, -0.2) is 4.98 Å². The van der Waals surface area contributed by atoms with Gasteiger partial charge in [0.2, 0.25) is 11.8 Å². The summed E-state index contributed by atoms with van der Waals surface area (Å²) in [6.07, 6.45) is 0.